The Hall–Kier alpha value is -3.46. The van der Waals surface area contributed by atoms with Gasteiger partial charge in [0.15, 0.2) is 0 Å². The highest BCUT2D eigenvalue weighted by molar-refractivity contribution is 5.94. The normalized spacial score (nSPS) is 10.1. The van der Waals surface area contributed by atoms with Gasteiger partial charge in [-0.05, 0) is 30.3 Å². The summed E-state index contributed by atoms with van der Waals surface area (Å²) < 4.78 is 0. The SMILES string of the molecule is N#Cc1cccc(C(=O)NCCc2cnn(-c3ccccc3)n2)c1. The third-order valence-corrected chi connectivity index (χ3v) is 3.45. The Morgan fingerprint density at radius 2 is 2.00 bits per heavy atom. The number of hydrogen-bond acceptors (Lipinski definition) is 4. The maximum absolute atomic E-state index is 12.1. The average Bonchev–Trinajstić information content (AvgIpc) is 3.11. The minimum absolute atomic E-state index is 0.206. The van der Waals surface area contributed by atoms with Gasteiger partial charge in [-0.2, -0.15) is 20.3 Å². The minimum atomic E-state index is -0.206. The van der Waals surface area contributed by atoms with Crippen molar-refractivity contribution in [2.75, 3.05) is 6.54 Å². The Kier molecular flexibility index (Phi) is 4.63. The lowest BCUT2D eigenvalue weighted by Gasteiger charge is -2.04. The van der Waals surface area contributed by atoms with Crippen molar-refractivity contribution in [3.05, 3.63) is 77.6 Å². The van der Waals surface area contributed by atoms with Gasteiger partial charge in [0.05, 0.1) is 29.2 Å². The molecule has 0 saturated heterocycles. The molecule has 0 unspecified atom stereocenters. The number of para-hydroxylation sites is 1. The molecule has 2 aromatic carbocycles. The summed E-state index contributed by atoms with van der Waals surface area (Å²) in [4.78, 5) is 13.6. The van der Waals surface area contributed by atoms with E-state index in [1.807, 2.05) is 36.4 Å². The maximum atomic E-state index is 12.1. The third-order valence-electron chi connectivity index (χ3n) is 3.45. The predicted octanol–water partition coefficient (Wildman–Crippen LogP) is 2.11. The lowest BCUT2D eigenvalue weighted by molar-refractivity contribution is 0.0954. The van der Waals surface area contributed by atoms with Crippen molar-refractivity contribution < 1.29 is 4.79 Å². The Labute approximate surface area is 139 Å². The van der Waals surface area contributed by atoms with Crippen molar-refractivity contribution in [2.24, 2.45) is 0 Å². The Morgan fingerprint density at radius 3 is 2.79 bits per heavy atom. The van der Waals surface area contributed by atoms with Gasteiger partial charge in [0.2, 0.25) is 0 Å². The number of carbonyl (C=O) groups excluding carboxylic acids is 1. The molecule has 3 aromatic rings. The summed E-state index contributed by atoms with van der Waals surface area (Å²) in [5.74, 6) is -0.206. The van der Waals surface area contributed by atoms with Crippen LogP contribution in [0.5, 0.6) is 0 Å². The van der Waals surface area contributed by atoms with Crippen LogP contribution in [0.3, 0.4) is 0 Å². The molecule has 0 atom stereocenters. The topological polar surface area (TPSA) is 83.6 Å². The Morgan fingerprint density at radius 1 is 1.17 bits per heavy atom. The first-order chi connectivity index (χ1) is 11.8. The molecule has 0 bridgehead atoms. The summed E-state index contributed by atoms with van der Waals surface area (Å²) in [7, 11) is 0. The summed E-state index contributed by atoms with van der Waals surface area (Å²) in [6.07, 6.45) is 2.27. The first-order valence-corrected chi connectivity index (χ1v) is 7.51. The van der Waals surface area contributed by atoms with Crippen molar-refractivity contribution >= 4 is 5.91 Å². The van der Waals surface area contributed by atoms with Gasteiger partial charge in [-0.25, -0.2) is 0 Å². The monoisotopic (exact) mass is 317 g/mol. The first-order valence-electron chi connectivity index (χ1n) is 7.51. The number of aromatic nitrogens is 3. The van der Waals surface area contributed by atoms with E-state index < -0.39 is 0 Å². The molecule has 0 saturated carbocycles. The van der Waals surface area contributed by atoms with E-state index in [1.165, 1.54) is 0 Å². The standard InChI is InChI=1S/C18H15N5O/c19-12-14-5-4-6-15(11-14)18(24)20-10-9-16-13-21-23(22-16)17-7-2-1-3-8-17/h1-8,11,13H,9-10H2,(H,20,24). The first kappa shape index (κ1) is 15.4. The summed E-state index contributed by atoms with van der Waals surface area (Å²) in [5.41, 5.74) is 2.63. The molecule has 24 heavy (non-hydrogen) atoms. The van der Waals surface area contributed by atoms with Crippen molar-refractivity contribution in [3.63, 3.8) is 0 Å². The van der Waals surface area contributed by atoms with Crippen molar-refractivity contribution in [2.45, 2.75) is 6.42 Å². The highest BCUT2D eigenvalue weighted by atomic mass is 16.1. The number of amides is 1. The van der Waals surface area contributed by atoms with Crippen molar-refractivity contribution in [1.29, 1.82) is 5.26 Å². The van der Waals surface area contributed by atoms with Gasteiger partial charge in [0, 0.05) is 18.5 Å². The number of nitriles is 1. The van der Waals surface area contributed by atoms with Crippen LogP contribution < -0.4 is 5.32 Å². The molecule has 3 rings (SSSR count). The molecule has 6 heteroatoms. The van der Waals surface area contributed by atoms with Crippen LogP contribution in [0, 0.1) is 11.3 Å². The van der Waals surface area contributed by atoms with Crippen LogP contribution >= 0.6 is 0 Å². The molecule has 0 aliphatic heterocycles. The number of nitrogens with one attached hydrogen (secondary N) is 1. The van der Waals surface area contributed by atoms with Gasteiger partial charge in [-0.15, -0.1) is 0 Å². The van der Waals surface area contributed by atoms with Gasteiger partial charge < -0.3 is 5.32 Å². The molecule has 1 N–H and O–H groups in total. The summed E-state index contributed by atoms with van der Waals surface area (Å²) in [5, 5.41) is 20.3. The molecule has 0 aliphatic carbocycles. The lowest BCUT2D eigenvalue weighted by atomic mass is 10.1. The lowest BCUT2D eigenvalue weighted by Crippen LogP contribution is -2.25. The Balaban J connectivity index is 1.56. The third kappa shape index (κ3) is 3.65. The van der Waals surface area contributed by atoms with E-state index in [2.05, 4.69) is 15.5 Å². The Bertz CT molecular complexity index is 880. The second-order valence-electron chi connectivity index (χ2n) is 5.16. The van der Waals surface area contributed by atoms with E-state index in [9.17, 15) is 4.79 Å². The molecule has 118 valence electrons. The van der Waals surface area contributed by atoms with Gasteiger partial charge in [0.25, 0.3) is 5.91 Å². The van der Waals surface area contributed by atoms with Gasteiger partial charge >= 0.3 is 0 Å². The highest BCUT2D eigenvalue weighted by Gasteiger charge is 2.07. The zero-order chi connectivity index (χ0) is 16.8. The predicted molar refractivity (Wildman–Crippen MR) is 88.6 cm³/mol. The molecular formula is C18H15N5O. The molecule has 1 heterocycles. The molecule has 6 nitrogen and oxygen atoms in total. The van der Waals surface area contributed by atoms with Crippen LogP contribution in [0.1, 0.15) is 21.6 Å². The minimum Gasteiger partial charge on any atom is -0.352 e. The fourth-order valence-electron chi connectivity index (χ4n) is 2.23. The summed E-state index contributed by atoms with van der Waals surface area (Å²) in [6.45, 7) is 0.448. The number of hydrogen-bond donors (Lipinski definition) is 1. The van der Waals surface area contributed by atoms with E-state index in [1.54, 1.807) is 35.3 Å². The second-order valence-corrected chi connectivity index (χ2v) is 5.16. The van der Waals surface area contributed by atoms with E-state index >= 15 is 0 Å². The number of benzene rings is 2. The van der Waals surface area contributed by atoms with E-state index in [0.29, 0.717) is 24.1 Å². The molecule has 1 aromatic heterocycles. The molecular weight excluding hydrogens is 302 g/mol. The zero-order valence-electron chi connectivity index (χ0n) is 12.9. The van der Waals surface area contributed by atoms with Gasteiger partial charge in [-0.3, -0.25) is 4.79 Å². The second kappa shape index (κ2) is 7.20. The zero-order valence-corrected chi connectivity index (χ0v) is 12.9. The fourth-order valence-corrected chi connectivity index (χ4v) is 2.23. The summed E-state index contributed by atoms with van der Waals surface area (Å²) >= 11 is 0. The van der Waals surface area contributed by atoms with Crippen LogP contribution in [0.2, 0.25) is 0 Å². The average molecular weight is 317 g/mol. The van der Waals surface area contributed by atoms with Crippen LogP contribution in [0.25, 0.3) is 5.69 Å². The quantitative estimate of drug-likeness (QED) is 0.781. The number of rotatable bonds is 5. The van der Waals surface area contributed by atoms with Crippen LogP contribution in [-0.2, 0) is 6.42 Å². The molecule has 0 spiro atoms. The van der Waals surface area contributed by atoms with Crippen LogP contribution in [0.15, 0.2) is 60.8 Å². The maximum Gasteiger partial charge on any atom is 0.251 e. The number of carbonyl (C=O) groups is 1. The molecule has 1 amide bonds. The molecule has 0 radical (unpaired) electrons. The van der Waals surface area contributed by atoms with Gasteiger partial charge in [0.1, 0.15) is 0 Å². The van der Waals surface area contributed by atoms with Crippen LogP contribution in [-0.4, -0.2) is 27.4 Å². The fraction of sp³-hybridized carbons (Fsp3) is 0.111. The molecule has 0 fully saturated rings. The van der Waals surface area contributed by atoms with Crippen molar-refractivity contribution in [1.82, 2.24) is 20.3 Å². The van der Waals surface area contributed by atoms with E-state index in [4.69, 9.17) is 5.26 Å². The van der Waals surface area contributed by atoms with Crippen LogP contribution in [0.4, 0.5) is 0 Å². The number of nitrogens with zero attached hydrogens (tertiary/aromatic N) is 4. The smallest absolute Gasteiger partial charge is 0.251 e. The van der Waals surface area contributed by atoms with E-state index in [0.717, 1.165) is 11.4 Å². The highest BCUT2D eigenvalue weighted by Crippen LogP contribution is 2.05. The summed E-state index contributed by atoms with van der Waals surface area (Å²) in [6, 6.07) is 18.3. The molecule has 0 aliphatic rings. The van der Waals surface area contributed by atoms with Gasteiger partial charge in [-0.1, -0.05) is 24.3 Å². The van der Waals surface area contributed by atoms with Crippen molar-refractivity contribution in [3.8, 4) is 11.8 Å². The largest absolute Gasteiger partial charge is 0.352 e. The van der Waals surface area contributed by atoms with E-state index in [-0.39, 0.29) is 5.91 Å².